The zero-order chi connectivity index (χ0) is 11.1. The highest BCUT2D eigenvalue weighted by Crippen LogP contribution is 2.39. The maximum absolute atomic E-state index is 3.71. The normalized spacial score (nSPS) is 14.0. The minimum atomic E-state index is 1.08. The molecule has 1 aliphatic carbocycles. The predicted molar refractivity (Wildman–Crippen MR) is 73.6 cm³/mol. The number of rotatable bonds is 1. The zero-order valence-corrected chi connectivity index (χ0v) is 10.8. The van der Waals surface area contributed by atoms with Gasteiger partial charge >= 0.3 is 0 Å². The molecule has 0 unspecified atom stereocenters. The summed E-state index contributed by atoms with van der Waals surface area (Å²) in [4.78, 5) is 0. The second-order valence-electron chi connectivity index (χ2n) is 4.22. The van der Waals surface area contributed by atoms with Crippen LogP contribution in [0.15, 0.2) is 40.9 Å². The Morgan fingerprint density at radius 2 is 2.06 bits per heavy atom. The van der Waals surface area contributed by atoms with Crippen LogP contribution in [-0.2, 0) is 6.42 Å². The Morgan fingerprint density at radius 1 is 1.25 bits per heavy atom. The van der Waals surface area contributed by atoms with Crippen LogP contribution in [0.5, 0.6) is 0 Å². The van der Waals surface area contributed by atoms with E-state index in [1.807, 2.05) is 0 Å². The molecule has 0 aliphatic heterocycles. The quantitative estimate of drug-likeness (QED) is 0.689. The molecule has 3 rings (SSSR count). The molecule has 0 radical (unpaired) electrons. The highest BCUT2D eigenvalue weighted by molar-refractivity contribution is 9.10. The van der Waals surface area contributed by atoms with Crippen LogP contribution in [0, 0.1) is 0 Å². The van der Waals surface area contributed by atoms with Crippen LogP contribution in [-0.4, -0.2) is 0 Å². The van der Waals surface area contributed by atoms with Gasteiger partial charge in [-0.15, -0.1) is 0 Å². The van der Waals surface area contributed by atoms with Crippen molar-refractivity contribution in [2.75, 3.05) is 0 Å². The van der Waals surface area contributed by atoms with E-state index in [1.165, 1.54) is 31.9 Å². The van der Waals surface area contributed by atoms with Gasteiger partial charge in [0.2, 0.25) is 0 Å². The van der Waals surface area contributed by atoms with Gasteiger partial charge in [-0.3, -0.25) is 0 Å². The smallest absolute Gasteiger partial charge is 0.0259 e. The number of allylic oxidation sites excluding steroid dienone is 2. The monoisotopic (exact) mass is 272 g/mol. The van der Waals surface area contributed by atoms with Gasteiger partial charge in [0, 0.05) is 4.47 Å². The van der Waals surface area contributed by atoms with Gasteiger partial charge in [-0.2, -0.15) is 0 Å². The van der Waals surface area contributed by atoms with Crippen molar-refractivity contribution < 1.29 is 0 Å². The molecule has 1 heteroatoms. The van der Waals surface area contributed by atoms with E-state index in [9.17, 15) is 0 Å². The van der Waals surface area contributed by atoms with Gasteiger partial charge in [-0.1, -0.05) is 53.2 Å². The highest BCUT2D eigenvalue weighted by Gasteiger charge is 2.18. The summed E-state index contributed by atoms with van der Waals surface area (Å²) in [7, 11) is 0. The van der Waals surface area contributed by atoms with E-state index < -0.39 is 0 Å². The van der Waals surface area contributed by atoms with Gasteiger partial charge in [0.05, 0.1) is 0 Å². The second kappa shape index (κ2) is 3.74. The SMILES string of the molecule is CCC1=CCc2c1c(Br)cc1ccccc21. The largest absolute Gasteiger partial charge is 0.0762 e. The van der Waals surface area contributed by atoms with Gasteiger partial charge in [-0.05, 0) is 46.4 Å². The first kappa shape index (κ1) is 10.1. The zero-order valence-electron chi connectivity index (χ0n) is 9.26. The minimum absolute atomic E-state index is 1.08. The summed E-state index contributed by atoms with van der Waals surface area (Å²) < 4.78 is 1.24. The Kier molecular flexibility index (Phi) is 2.36. The standard InChI is InChI=1S/C15H13Br/c1-2-10-7-8-13-12-6-4-3-5-11(12)9-14(16)15(10)13/h3-7,9H,2,8H2,1H3. The summed E-state index contributed by atoms with van der Waals surface area (Å²) in [5.74, 6) is 0. The Bertz CT molecular complexity index is 594. The van der Waals surface area contributed by atoms with Crippen molar-refractivity contribution in [2.45, 2.75) is 19.8 Å². The molecule has 0 bridgehead atoms. The van der Waals surface area contributed by atoms with Crippen LogP contribution >= 0.6 is 15.9 Å². The Labute approximate surface area is 104 Å². The van der Waals surface area contributed by atoms with Gasteiger partial charge in [-0.25, -0.2) is 0 Å². The first-order chi connectivity index (χ1) is 7.81. The third-order valence-corrected chi connectivity index (χ3v) is 3.99. The molecule has 0 N–H and O–H groups in total. The number of hydrogen-bond donors (Lipinski definition) is 0. The maximum Gasteiger partial charge on any atom is 0.0259 e. The van der Waals surface area contributed by atoms with Crippen LogP contribution in [0.2, 0.25) is 0 Å². The van der Waals surface area contributed by atoms with Crippen LogP contribution in [0.4, 0.5) is 0 Å². The number of halogens is 1. The minimum Gasteiger partial charge on any atom is -0.0762 e. The van der Waals surface area contributed by atoms with Crippen LogP contribution < -0.4 is 0 Å². The summed E-state index contributed by atoms with van der Waals surface area (Å²) in [6, 6.07) is 10.9. The van der Waals surface area contributed by atoms with Crippen molar-refractivity contribution in [1.29, 1.82) is 0 Å². The van der Waals surface area contributed by atoms with E-state index in [0.29, 0.717) is 0 Å². The third-order valence-electron chi connectivity index (χ3n) is 3.36. The van der Waals surface area contributed by atoms with Crippen molar-refractivity contribution in [2.24, 2.45) is 0 Å². The molecule has 1 aliphatic rings. The lowest BCUT2D eigenvalue weighted by Crippen LogP contribution is -1.89. The van der Waals surface area contributed by atoms with E-state index in [4.69, 9.17) is 0 Å². The summed E-state index contributed by atoms with van der Waals surface area (Å²) in [5, 5.41) is 2.74. The molecule has 2 aromatic carbocycles. The molecule has 0 amide bonds. The molecule has 2 aromatic rings. The molecule has 0 saturated carbocycles. The average molecular weight is 273 g/mol. The Balaban J connectivity index is 2.38. The van der Waals surface area contributed by atoms with E-state index in [1.54, 1.807) is 0 Å². The average Bonchev–Trinajstić information content (AvgIpc) is 2.74. The first-order valence-corrected chi connectivity index (χ1v) is 6.50. The van der Waals surface area contributed by atoms with Crippen molar-refractivity contribution in [3.05, 3.63) is 52.0 Å². The van der Waals surface area contributed by atoms with E-state index in [0.717, 1.165) is 12.8 Å². The summed E-state index contributed by atoms with van der Waals surface area (Å²) in [5.41, 5.74) is 4.40. The summed E-state index contributed by atoms with van der Waals surface area (Å²) >= 11 is 3.71. The second-order valence-corrected chi connectivity index (χ2v) is 5.07. The van der Waals surface area contributed by atoms with E-state index in [2.05, 4.69) is 59.3 Å². The van der Waals surface area contributed by atoms with Gasteiger partial charge in [0.25, 0.3) is 0 Å². The molecule has 0 heterocycles. The molecular formula is C15H13Br. The molecule has 0 nitrogen and oxygen atoms in total. The number of fused-ring (bicyclic) bond motifs is 3. The molecule has 0 aromatic heterocycles. The lowest BCUT2D eigenvalue weighted by atomic mass is 9.97. The number of hydrogen-bond acceptors (Lipinski definition) is 0. The Morgan fingerprint density at radius 3 is 2.88 bits per heavy atom. The lowest BCUT2D eigenvalue weighted by molar-refractivity contribution is 1.24. The Hall–Kier alpha value is -1.08. The third kappa shape index (κ3) is 1.35. The molecule has 80 valence electrons. The van der Waals surface area contributed by atoms with Crippen LogP contribution in [0.1, 0.15) is 24.5 Å². The van der Waals surface area contributed by atoms with E-state index in [-0.39, 0.29) is 0 Å². The fourth-order valence-corrected chi connectivity index (χ4v) is 3.33. The molecule has 16 heavy (non-hydrogen) atoms. The van der Waals surface area contributed by atoms with Gasteiger partial charge in [0.1, 0.15) is 0 Å². The molecular weight excluding hydrogens is 260 g/mol. The molecule has 0 spiro atoms. The lowest BCUT2D eigenvalue weighted by Gasteiger charge is -2.10. The molecule has 0 atom stereocenters. The predicted octanol–water partition coefficient (Wildman–Crippen LogP) is 4.95. The van der Waals surface area contributed by atoms with Crippen LogP contribution in [0.3, 0.4) is 0 Å². The van der Waals surface area contributed by atoms with E-state index >= 15 is 0 Å². The number of benzene rings is 2. The summed E-state index contributed by atoms with van der Waals surface area (Å²) in [6.45, 7) is 2.22. The highest BCUT2D eigenvalue weighted by atomic mass is 79.9. The van der Waals surface area contributed by atoms with Crippen molar-refractivity contribution in [1.82, 2.24) is 0 Å². The van der Waals surface area contributed by atoms with Crippen molar-refractivity contribution in [3.8, 4) is 0 Å². The first-order valence-electron chi connectivity index (χ1n) is 5.70. The van der Waals surface area contributed by atoms with Crippen LogP contribution in [0.25, 0.3) is 16.3 Å². The fraction of sp³-hybridized carbons (Fsp3) is 0.200. The maximum atomic E-state index is 3.71. The van der Waals surface area contributed by atoms with Crippen molar-refractivity contribution >= 4 is 32.3 Å². The fourth-order valence-electron chi connectivity index (χ4n) is 2.59. The molecule has 0 saturated heterocycles. The summed E-state index contributed by atoms with van der Waals surface area (Å²) in [6.07, 6.45) is 4.56. The van der Waals surface area contributed by atoms with Crippen molar-refractivity contribution in [3.63, 3.8) is 0 Å². The molecule has 0 fully saturated rings. The van der Waals surface area contributed by atoms with Gasteiger partial charge < -0.3 is 0 Å². The van der Waals surface area contributed by atoms with Gasteiger partial charge in [0.15, 0.2) is 0 Å². The topological polar surface area (TPSA) is 0 Å².